The summed E-state index contributed by atoms with van der Waals surface area (Å²) in [6, 6.07) is 0. The molecule has 0 fully saturated rings. The van der Waals surface area contributed by atoms with Crippen LogP contribution in [0.3, 0.4) is 0 Å². The molecule has 232 valence electrons. The molecular formula is C36H74N3+. The molecular weight excluding hydrogens is 474 g/mol. The van der Waals surface area contributed by atoms with Crippen LogP contribution in [0.1, 0.15) is 194 Å². The van der Waals surface area contributed by atoms with E-state index in [2.05, 4.69) is 38.2 Å². The molecule has 39 heavy (non-hydrogen) atoms. The van der Waals surface area contributed by atoms with Crippen molar-refractivity contribution in [3.8, 4) is 0 Å². The molecule has 0 aliphatic heterocycles. The largest absolute Gasteiger partial charge is 0.176 e. The van der Waals surface area contributed by atoms with Crippen LogP contribution in [0, 0.1) is 0 Å². The van der Waals surface area contributed by atoms with Crippen LogP contribution in [0.2, 0.25) is 0 Å². The van der Waals surface area contributed by atoms with Crippen molar-refractivity contribution in [2.24, 2.45) is 11.7 Å². The van der Waals surface area contributed by atoms with Gasteiger partial charge in [-0.25, -0.2) is 0 Å². The van der Waals surface area contributed by atoms with E-state index in [0.717, 1.165) is 25.9 Å². The summed E-state index contributed by atoms with van der Waals surface area (Å²) < 4.78 is 0.229. The smallest absolute Gasteiger partial charge is 0.114 e. The van der Waals surface area contributed by atoms with Crippen LogP contribution in [0.25, 0.3) is 0 Å². The first-order chi connectivity index (χ1) is 19.1. The molecule has 0 spiro atoms. The van der Waals surface area contributed by atoms with E-state index in [9.17, 15) is 0 Å². The number of allylic oxidation sites excluding steroid dienone is 4. The van der Waals surface area contributed by atoms with Gasteiger partial charge >= 0.3 is 0 Å². The average molecular weight is 549 g/mol. The Kier molecular flexibility index (Phi) is 31.4. The Morgan fingerprint density at radius 1 is 0.333 bits per heavy atom. The molecule has 0 atom stereocenters. The lowest BCUT2D eigenvalue weighted by molar-refractivity contribution is -0.952. The van der Waals surface area contributed by atoms with E-state index in [-0.39, 0.29) is 4.70 Å². The summed E-state index contributed by atoms with van der Waals surface area (Å²) in [5.41, 5.74) is 0. The molecule has 0 bridgehead atoms. The zero-order valence-electron chi connectivity index (χ0n) is 27.1. The first kappa shape index (κ1) is 38.4. The van der Waals surface area contributed by atoms with Crippen LogP contribution in [-0.2, 0) is 0 Å². The highest BCUT2D eigenvalue weighted by molar-refractivity contribution is 4.82. The Bertz CT molecular complexity index is 467. The molecule has 0 rings (SSSR count). The minimum absolute atomic E-state index is 0.229. The van der Waals surface area contributed by atoms with Crippen molar-refractivity contribution in [1.82, 2.24) is 0 Å². The molecule has 3 nitrogen and oxygen atoms in total. The molecule has 0 aromatic heterocycles. The van der Waals surface area contributed by atoms with Gasteiger partial charge in [0, 0.05) is 12.8 Å². The van der Waals surface area contributed by atoms with Crippen molar-refractivity contribution in [3.05, 3.63) is 24.3 Å². The maximum atomic E-state index is 6.34. The third-order valence-electron chi connectivity index (χ3n) is 8.17. The molecule has 0 aromatic carbocycles. The monoisotopic (exact) mass is 549 g/mol. The van der Waals surface area contributed by atoms with Gasteiger partial charge in [0.2, 0.25) is 0 Å². The van der Waals surface area contributed by atoms with Crippen molar-refractivity contribution in [3.63, 3.8) is 0 Å². The summed E-state index contributed by atoms with van der Waals surface area (Å²) in [6.45, 7) is 6.42. The van der Waals surface area contributed by atoms with E-state index < -0.39 is 0 Å². The van der Waals surface area contributed by atoms with Crippen LogP contribution in [0.15, 0.2) is 24.3 Å². The van der Waals surface area contributed by atoms with Crippen molar-refractivity contribution in [1.29, 1.82) is 0 Å². The molecule has 0 saturated heterocycles. The van der Waals surface area contributed by atoms with Crippen LogP contribution >= 0.6 is 0 Å². The van der Waals surface area contributed by atoms with Crippen molar-refractivity contribution in [2.45, 2.75) is 194 Å². The average Bonchev–Trinajstić information content (AvgIpc) is 2.92. The van der Waals surface area contributed by atoms with Crippen LogP contribution in [0.5, 0.6) is 0 Å². The second-order valence-corrected chi connectivity index (χ2v) is 12.4. The van der Waals surface area contributed by atoms with Crippen LogP contribution in [-0.4, -0.2) is 17.8 Å². The van der Waals surface area contributed by atoms with Gasteiger partial charge in [0.25, 0.3) is 0 Å². The van der Waals surface area contributed by atoms with E-state index in [0.29, 0.717) is 0 Å². The molecule has 0 aliphatic rings. The van der Waals surface area contributed by atoms with Gasteiger partial charge < -0.3 is 0 Å². The predicted molar refractivity (Wildman–Crippen MR) is 177 cm³/mol. The quantitative estimate of drug-likeness (QED) is 0.0289. The van der Waals surface area contributed by atoms with Gasteiger partial charge in [0.1, 0.15) is 13.1 Å². The van der Waals surface area contributed by atoms with Gasteiger partial charge in [-0.05, 0) is 64.2 Å². The van der Waals surface area contributed by atoms with E-state index in [1.165, 1.54) is 167 Å². The molecule has 0 aliphatic carbocycles. The second kappa shape index (κ2) is 31.9. The van der Waals surface area contributed by atoms with Crippen LogP contribution in [0.4, 0.5) is 0 Å². The number of hydrogen-bond donors (Lipinski definition) is 2. The third-order valence-corrected chi connectivity index (χ3v) is 8.17. The van der Waals surface area contributed by atoms with Crippen molar-refractivity contribution < 1.29 is 4.70 Å². The van der Waals surface area contributed by atoms with Gasteiger partial charge in [-0.3, -0.25) is 0 Å². The number of unbranched alkanes of at least 4 members (excludes halogenated alkanes) is 24. The fraction of sp³-hybridized carbons (Fsp3) is 0.889. The van der Waals surface area contributed by atoms with E-state index >= 15 is 0 Å². The molecule has 4 N–H and O–H groups in total. The van der Waals surface area contributed by atoms with Gasteiger partial charge in [-0.15, -0.1) is 0 Å². The number of nitrogens with two attached hydrogens (primary N) is 2. The Balaban J connectivity index is 3.36. The lowest BCUT2D eigenvalue weighted by Gasteiger charge is -2.26. The SMILES string of the molecule is CCCCCCCC/C=C\CCCCCCCC[N+](N)(N)CCCCCCCC/C=C\CCCCCCCC. The first-order valence-corrected chi connectivity index (χ1v) is 17.9. The minimum atomic E-state index is 0.229. The Morgan fingerprint density at radius 2 is 0.564 bits per heavy atom. The fourth-order valence-electron chi connectivity index (χ4n) is 5.42. The fourth-order valence-corrected chi connectivity index (χ4v) is 5.42. The van der Waals surface area contributed by atoms with Gasteiger partial charge in [-0.2, -0.15) is 16.4 Å². The highest BCUT2D eigenvalue weighted by atomic mass is 15.7. The molecule has 0 saturated carbocycles. The lowest BCUT2D eigenvalue weighted by Crippen LogP contribution is -2.61. The number of rotatable bonds is 32. The molecule has 0 amide bonds. The number of nitrogens with zero attached hydrogens (tertiary/aromatic N) is 1. The normalized spacial score (nSPS) is 12.4. The topological polar surface area (TPSA) is 52.0 Å². The van der Waals surface area contributed by atoms with Crippen LogP contribution < -0.4 is 11.7 Å². The van der Waals surface area contributed by atoms with E-state index in [1.807, 2.05) is 0 Å². The third kappa shape index (κ3) is 33.5. The lowest BCUT2D eigenvalue weighted by atomic mass is 10.1. The highest BCUT2D eigenvalue weighted by Gasteiger charge is 2.16. The summed E-state index contributed by atoms with van der Waals surface area (Å²) in [6.07, 6.45) is 47.2. The highest BCUT2D eigenvalue weighted by Crippen LogP contribution is 2.12. The molecule has 0 heterocycles. The predicted octanol–water partition coefficient (Wildman–Crippen LogP) is 11.6. The maximum Gasteiger partial charge on any atom is 0.114 e. The van der Waals surface area contributed by atoms with E-state index in [1.54, 1.807) is 0 Å². The summed E-state index contributed by atoms with van der Waals surface area (Å²) in [5, 5.41) is 0. The molecule has 0 aromatic rings. The van der Waals surface area contributed by atoms with E-state index in [4.69, 9.17) is 11.7 Å². The maximum absolute atomic E-state index is 6.34. The van der Waals surface area contributed by atoms with Gasteiger partial charge in [0.05, 0.1) is 0 Å². The Labute approximate surface area is 247 Å². The summed E-state index contributed by atoms with van der Waals surface area (Å²) in [7, 11) is 0. The van der Waals surface area contributed by atoms with Gasteiger partial charge in [0.15, 0.2) is 0 Å². The van der Waals surface area contributed by atoms with Crippen molar-refractivity contribution >= 4 is 0 Å². The molecule has 0 radical (unpaired) electrons. The minimum Gasteiger partial charge on any atom is -0.176 e. The first-order valence-electron chi connectivity index (χ1n) is 17.9. The zero-order valence-corrected chi connectivity index (χ0v) is 27.1. The number of quaternary nitrogens is 1. The standard InChI is InChI=1S/C36H74N3/c1-3-5-7-9-11-13-15-17-19-21-23-25-27-29-31-33-35-39(37,38)36-34-32-30-28-26-24-22-20-18-16-14-12-10-8-6-4-2/h17-20H,3-16,21-38H2,1-2H3/q+1/b19-17-,20-18-. The van der Waals surface area contributed by atoms with Gasteiger partial charge in [-0.1, -0.05) is 141 Å². The molecule has 3 heteroatoms. The Morgan fingerprint density at radius 3 is 0.846 bits per heavy atom. The summed E-state index contributed by atoms with van der Waals surface area (Å²) in [5.74, 6) is 12.7. The summed E-state index contributed by atoms with van der Waals surface area (Å²) >= 11 is 0. The molecule has 0 unspecified atom stereocenters. The summed E-state index contributed by atoms with van der Waals surface area (Å²) in [4.78, 5) is 0. The second-order valence-electron chi connectivity index (χ2n) is 12.4. The van der Waals surface area contributed by atoms with Crippen molar-refractivity contribution in [2.75, 3.05) is 13.1 Å². The number of hydrogen-bond acceptors (Lipinski definition) is 2. The Hall–Kier alpha value is -0.640. The zero-order chi connectivity index (χ0) is 28.5.